The Balaban J connectivity index is 2.15. The summed E-state index contributed by atoms with van der Waals surface area (Å²) in [5.74, 6) is 0.134. The Hall–Kier alpha value is -2.15. The summed E-state index contributed by atoms with van der Waals surface area (Å²) < 4.78 is 1.55. The molecule has 1 aromatic carbocycles. The molecule has 0 bridgehead atoms. The lowest BCUT2D eigenvalue weighted by molar-refractivity contribution is -0.133. The van der Waals surface area contributed by atoms with E-state index in [-0.39, 0.29) is 5.75 Å². The van der Waals surface area contributed by atoms with Gasteiger partial charge in [0.05, 0.1) is 12.0 Å². The number of rotatable bonds is 6. The van der Waals surface area contributed by atoms with Crippen molar-refractivity contribution in [3.05, 3.63) is 41.2 Å². The van der Waals surface area contributed by atoms with Crippen molar-refractivity contribution in [2.24, 2.45) is 5.10 Å². The molecule has 0 saturated carbocycles. The van der Waals surface area contributed by atoms with Gasteiger partial charge in [0.25, 0.3) is 0 Å². The van der Waals surface area contributed by atoms with E-state index in [0.717, 1.165) is 17.3 Å². The van der Waals surface area contributed by atoms with Crippen molar-refractivity contribution >= 4 is 23.9 Å². The third-order valence-electron chi connectivity index (χ3n) is 3.02. The van der Waals surface area contributed by atoms with E-state index in [2.05, 4.69) is 41.3 Å². The minimum absolute atomic E-state index is 0.0727. The third kappa shape index (κ3) is 4.17. The molecular formula is C15H18N4O2S. The van der Waals surface area contributed by atoms with E-state index in [9.17, 15) is 4.79 Å². The summed E-state index contributed by atoms with van der Waals surface area (Å²) in [6, 6.07) is 8.15. The smallest absolute Gasteiger partial charge is 0.313 e. The van der Waals surface area contributed by atoms with E-state index < -0.39 is 5.97 Å². The molecule has 2 aromatic rings. The monoisotopic (exact) mass is 318 g/mol. The lowest BCUT2D eigenvalue weighted by Gasteiger charge is -2.04. The van der Waals surface area contributed by atoms with E-state index in [4.69, 9.17) is 5.11 Å². The molecule has 0 atom stereocenters. The average Bonchev–Trinajstić information content (AvgIpc) is 2.83. The largest absolute Gasteiger partial charge is 0.481 e. The summed E-state index contributed by atoms with van der Waals surface area (Å²) in [6.07, 6.45) is 1.71. The Kier molecular flexibility index (Phi) is 5.32. The van der Waals surface area contributed by atoms with Crippen LogP contribution in [-0.4, -0.2) is 37.9 Å². The highest BCUT2D eigenvalue weighted by molar-refractivity contribution is 7.99. The first-order valence-electron chi connectivity index (χ1n) is 6.88. The second-order valence-corrected chi connectivity index (χ2v) is 6.03. The number of carboxylic acids is 1. The predicted octanol–water partition coefficient (Wildman–Crippen LogP) is 2.77. The fourth-order valence-electron chi connectivity index (χ4n) is 1.78. The zero-order valence-electron chi connectivity index (χ0n) is 12.7. The van der Waals surface area contributed by atoms with Crippen molar-refractivity contribution in [3.63, 3.8) is 0 Å². The first-order valence-corrected chi connectivity index (χ1v) is 7.87. The maximum Gasteiger partial charge on any atom is 0.313 e. The lowest BCUT2D eigenvalue weighted by Crippen LogP contribution is -2.01. The van der Waals surface area contributed by atoms with E-state index in [1.54, 1.807) is 17.8 Å². The molecule has 1 N–H and O–H groups in total. The van der Waals surface area contributed by atoms with Gasteiger partial charge in [-0.2, -0.15) is 9.78 Å². The normalized spacial score (nSPS) is 11.5. The molecule has 0 amide bonds. The summed E-state index contributed by atoms with van der Waals surface area (Å²) in [4.78, 5) is 10.6. The number of aryl methyl sites for hydroxylation is 1. The standard InChI is InChI=1S/C15H18N4O2S/c1-10(2)13-6-4-12(5-7-13)8-16-19-11(3)17-18-15(19)22-9-14(20)21/h4-8,10H,9H2,1-3H3,(H,20,21)/b16-8-. The SMILES string of the molecule is Cc1nnc(SCC(=O)O)n1/N=C\c1ccc(C(C)C)cc1. The van der Waals surface area contributed by atoms with Crippen molar-refractivity contribution in [1.82, 2.24) is 14.9 Å². The average molecular weight is 318 g/mol. The number of carboxylic acid groups (broad SMARTS) is 1. The van der Waals surface area contributed by atoms with Gasteiger partial charge < -0.3 is 5.11 Å². The summed E-state index contributed by atoms with van der Waals surface area (Å²) >= 11 is 1.09. The number of benzene rings is 1. The molecule has 0 radical (unpaired) electrons. The second kappa shape index (κ2) is 7.22. The summed E-state index contributed by atoms with van der Waals surface area (Å²) in [7, 11) is 0. The third-order valence-corrected chi connectivity index (χ3v) is 3.92. The number of carbonyl (C=O) groups is 1. The van der Waals surface area contributed by atoms with Crippen molar-refractivity contribution in [2.75, 3.05) is 5.75 Å². The van der Waals surface area contributed by atoms with Crippen LogP contribution < -0.4 is 0 Å². The molecular weight excluding hydrogens is 300 g/mol. The lowest BCUT2D eigenvalue weighted by atomic mass is 10.0. The number of aromatic nitrogens is 3. The van der Waals surface area contributed by atoms with Crippen LogP contribution in [0.2, 0.25) is 0 Å². The Morgan fingerprint density at radius 1 is 1.36 bits per heavy atom. The van der Waals surface area contributed by atoms with Gasteiger partial charge in [-0.3, -0.25) is 4.79 Å². The van der Waals surface area contributed by atoms with Crippen LogP contribution in [0.25, 0.3) is 0 Å². The van der Waals surface area contributed by atoms with Gasteiger partial charge in [-0.25, -0.2) is 0 Å². The molecule has 6 nitrogen and oxygen atoms in total. The van der Waals surface area contributed by atoms with Crippen LogP contribution in [0.4, 0.5) is 0 Å². The fourth-order valence-corrected chi connectivity index (χ4v) is 2.43. The van der Waals surface area contributed by atoms with Crippen molar-refractivity contribution in [3.8, 4) is 0 Å². The van der Waals surface area contributed by atoms with Crippen LogP contribution in [0.1, 0.15) is 36.7 Å². The highest BCUT2D eigenvalue weighted by Gasteiger charge is 2.10. The minimum Gasteiger partial charge on any atom is -0.481 e. The molecule has 116 valence electrons. The second-order valence-electron chi connectivity index (χ2n) is 5.09. The summed E-state index contributed by atoms with van der Waals surface area (Å²) in [6.45, 7) is 6.07. The summed E-state index contributed by atoms with van der Waals surface area (Å²) in [5, 5.41) is 21.4. The van der Waals surface area contributed by atoms with Gasteiger partial charge in [-0.1, -0.05) is 49.9 Å². The molecule has 0 unspecified atom stereocenters. The van der Waals surface area contributed by atoms with E-state index >= 15 is 0 Å². The van der Waals surface area contributed by atoms with Crippen molar-refractivity contribution < 1.29 is 9.90 Å². The number of thioether (sulfide) groups is 1. The van der Waals surface area contributed by atoms with Crippen LogP contribution in [0.5, 0.6) is 0 Å². The van der Waals surface area contributed by atoms with Gasteiger partial charge in [0.1, 0.15) is 0 Å². The van der Waals surface area contributed by atoms with Crippen LogP contribution in [0, 0.1) is 6.92 Å². The van der Waals surface area contributed by atoms with Gasteiger partial charge in [-0.05, 0) is 24.0 Å². The number of hydrogen-bond acceptors (Lipinski definition) is 5. The van der Waals surface area contributed by atoms with E-state index in [0.29, 0.717) is 16.9 Å². The topological polar surface area (TPSA) is 80.4 Å². The number of hydrogen-bond donors (Lipinski definition) is 1. The van der Waals surface area contributed by atoms with Crippen LogP contribution in [0.3, 0.4) is 0 Å². The van der Waals surface area contributed by atoms with Gasteiger partial charge in [-0.15, -0.1) is 10.2 Å². The Morgan fingerprint density at radius 3 is 2.64 bits per heavy atom. The number of aliphatic carboxylic acids is 1. The highest BCUT2D eigenvalue weighted by atomic mass is 32.2. The Morgan fingerprint density at radius 2 is 2.05 bits per heavy atom. The molecule has 0 fully saturated rings. The van der Waals surface area contributed by atoms with Crippen molar-refractivity contribution in [1.29, 1.82) is 0 Å². The molecule has 0 saturated heterocycles. The minimum atomic E-state index is -0.898. The maximum absolute atomic E-state index is 10.6. The maximum atomic E-state index is 10.6. The quantitative estimate of drug-likeness (QED) is 0.654. The van der Waals surface area contributed by atoms with Crippen LogP contribution in [-0.2, 0) is 4.79 Å². The Labute approximate surface area is 133 Å². The van der Waals surface area contributed by atoms with Crippen molar-refractivity contribution in [2.45, 2.75) is 31.8 Å². The van der Waals surface area contributed by atoms with Crippen LogP contribution in [0.15, 0.2) is 34.5 Å². The molecule has 22 heavy (non-hydrogen) atoms. The van der Waals surface area contributed by atoms with Gasteiger partial charge >= 0.3 is 5.97 Å². The van der Waals surface area contributed by atoms with E-state index in [1.807, 2.05) is 12.1 Å². The molecule has 0 spiro atoms. The first-order chi connectivity index (χ1) is 10.5. The highest BCUT2D eigenvalue weighted by Crippen LogP contribution is 2.17. The molecule has 1 heterocycles. The molecule has 0 aliphatic rings. The molecule has 7 heteroatoms. The molecule has 1 aromatic heterocycles. The van der Waals surface area contributed by atoms with Gasteiger partial charge in [0, 0.05) is 0 Å². The summed E-state index contributed by atoms with van der Waals surface area (Å²) in [5.41, 5.74) is 2.24. The molecule has 2 rings (SSSR count). The van der Waals surface area contributed by atoms with Crippen LogP contribution >= 0.6 is 11.8 Å². The first kappa shape index (κ1) is 16.2. The zero-order valence-corrected chi connectivity index (χ0v) is 13.5. The molecule has 0 aliphatic carbocycles. The predicted molar refractivity (Wildman–Crippen MR) is 86.6 cm³/mol. The number of nitrogens with zero attached hydrogens (tertiary/aromatic N) is 4. The zero-order chi connectivity index (χ0) is 16.1. The molecule has 0 aliphatic heterocycles. The van der Waals surface area contributed by atoms with E-state index in [1.165, 1.54) is 5.56 Å². The Bertz CT molecular complexity index is 677. The van der Waals surface area contributed by atoms with Gasteiger partial charge in [0.15, 0.2) is 5.82 Å². The van der Waals surface area contributed by atoms with Gasteiger partial charge in [0.2, 0.25) is 5.16 Å². The fraction of sp³-hybridized carbons (Fsp3) is 0.333.